The predicted molar refractivity (Wildman–Crippen MR) is 78.3 cm³/mol. The molecule has 1 unspecified atom stereocenters. The number of rotatable bonds is 3. The lowest BCUT2D eigenvalue weighted by molar-refractivity contribution is 0.219. The van der Waals surface area contributed by atoms with E-state index in [1.165, 1.54) is 0 Å². The van der Waals surface area contributed by atoms with E-state index in [0.717, 1.165) is 11.1 Å². The molecule has 0 aliphatic heterocycles. The maximum atomic E-state index is 10.5. The number of halogens is 2. The van der Waals surface area contributed by atoms with Gasteiger partial charge >= 0.3 is 0 Å². The van der Waals surface area contributed by atoms with Gasteiger partial charge in [-0.3, -0.25) is 0 Å². The minimum Gasteiger partial charge on any atom is -0.497 e. The van der Waals surface area contributed by atoms with Gasteiger partial charge in [0.25, 0.3) is 0 Å². The number of benzene rings is 2. The molecule has 0 radical (unpaired) electrons. The lowest BCUT2D eigenvalue weighted by Gasteiger charge is -2.16. The van der Waals surface area contributed by atoms with Crippen LogP contribution in [0.15, 0.2) is 36.4 Å². The third kappa shape index (κ3) is 2.86. The third-order valence-corrected chi connectivity index (χ3v) is 3.84. The van der Waals surface area contributed by atoms with Crippen LogP contribution in [0.25, 0.3) is 0 Å². The Hall–Kier alpha value is -1.22. The van der Waals surface area contributed by atoms with E-state index in [0.29, 0.717) is 21.4 Å². The first-order valence-corrected chi connectivity index (χ1v) is 6.56. The van der Waals surface area contributed by atoms with Gasteiger partial charge in [0, 0.05) is 10.6 Å². The Morgan fingerprint density at radius 2 is 1.79 bits per heavy atom. The average molecular weight is 297 g/mol. The van der Waals surface area contributed by atoms with Gasteiger partial charge in [0.2, 0.25) is 0 Å². The molecule has 0 aliphatic rings. The van der Waals surface area contributed by atoms with Crippen LogP contribution < -0.4 is 4.74 Å². The van der Waals surface area contributed by atoms with Crippen LogP contribution in [0, 0.1) is 6.92 Å². The summed E-state index contributed by atoms with van der Waals surface area (Å²) >= 11 is 12.2. The van der Waals surface area contributed by atoms with Crippen molar-refractivity contribution < 1.29 is 9.84 Å². The number of methoxy groups -OCH3 is 1. The normalized spacial score (nSPS) is 12.3. The molecule has 0 saturated carbocycles. The van der Waals surface area contributed by atoms with E-state index in [1.54, 1.807) is 31.4 Å². The molecule has 100 valence electrons. The van der Waals surface area contributed by atoms with Crippen LogP contribution >= 0.6 is 23.2 Å². The zero-order chi connectivity index (χ0) is 14.0. The van der Waals surface area contributed by atoms with Crippen molar-refractivity contribution >= 4 is 23.2 Å². The molecular weight excluding hydrogens is 283 g/mol. The smallest absolute Gasteiger partial charge is 0.120 e. The first-order chi connectivity index (χ1) is 9.04. The Labute approximate surface area is 122 Å². The Balaban J connectivity index is 2.44. The van der Waals surface area contributed by atoms with Crippen LogP contribution in [-0.2, 0) is 0 Å². The Morgan fingerprint density at radius 3 is 2.42 bits per heavy atom. The van der Waals surface area contributed by atoms with E-state index < -0.39 is 6.10 Å². The summed E-state index contributed by atoms with van der Waals surface area (Å²) in [6, 6.07) is 10.6. The fraction of sp³-hybridized carbons (Fsp3) is 0.200. The van der Waals surface area contributed by atoms with Gasteiger partial charge in [0.05, 0.1) is 12.1 Å². The predicted octanol–water partition coefficient (Wildman–Crippen LogP) is 4.39. The van der Waals surface area contributed by atoms with Crippen molar-refractivity contribution in [2.75, 3.05) is 7.11 Å². The number of hydrogen-bond acceptors (Lipinski definition) is 2. The Morgan fingerprint density at radius 1 is 1.05 bits per heavy atom. The van der Waals surface area contributed by atoms with Crippen LogP contribution in [0.5, 0.6) is 5.75 Å². The summed E-state index contributed by atoms with van der Waals surface area (Å²) in [4.78, 5) is 0. The summed E-state index contributed by atoms with van der Waals surface area (Å²) in [5, 5.41) is 11.5. The molecule has 1 atom stereocenters. The van der Waals surface area contributed by atoms with Crippen molar-refractivity contribution in [3.63, 3.8) is 0 Å². The summed E-state index contributed by atoms with van der Waals surface area (Å²) in [5.74, 6) is 0.656. The van der Waals surface area contributed by atoms with E-state index in [2.05, 4.69) is 0 Å². The topological polar surface area (TPSA) is 29.5 Å². The van der Waals surface area contributed by atoms with Crippen molar-refractivity contribution in [1.29, 1.82) is 0 Å². The molecule has 2 nitrogen and oxygen atoms in total. The van der Waals surface area contributed by atoms with Crippen molar-refractivity contribution in [3.05, 3.63) is 63.1 Å². The molecule has 19 heavy (non-hydrogen) atoms. The maximum Gasteiger partial charge on any atom is 0.120 e. The molecule has 0 aliphatic carbocycles. The average Bonchev–Trinajstić information content (AvgIpc) is 2.41. The molecule has 0 heterocycles. The number of ether oxygens (including phenoxy) is 1. The second-order valence-electron chi connectivity index (χ2n) is 4.24. The first kappa shape index (κ1) is 14.2. The van der Waals surface area contributed by atoms with Crippen molar-refractivity contribution in [2.45, 2.75) is 13.0 Å². The molecule has 0 aromatic heterocycles. The summed E-state index contributed by atoms with van der Waals surface area (Å²) in [6.45, 7) is 1.87. The summed E-state index contributed by atoms with van der Waals surface area (Å²) in [5.41, 5.74) is 2.23. The van der Waals surface area contributed by atoms with Crippen LogP contribution in [0.3, 0.4) is 0 Å². The monoisotopic (exact) mass is 296 g/mol. The molecule has 4 heteroatoms. The third-order valence-electron chi connectivity index (χ3n) is 3.11. The molecule has 2 rings (SSSR count). The summed E-state index contributed by atoms with van der Waals surface area (Å²) in [7, 11) is 1.57. The second kappa shape index (κ2) is 5.83. The zero-order valence-corrected chi connectivity index (χ0v) is 12.2. The quantitative estimate of drug-likeness (QED) is 0.910. The maximum absolute atomic E-state index is 10.5. The molecule has 2 aromatic rings. The first-order valence-electron chi connectivity index (χ1n) is 5.81. The van der Waals surface area contributed by atoms with Gasteiger partial charge in [0.15, 0.2) is 0 Å². The van der Waals surface area contributed by atoms with Gasteiger partial charge in [-0.05, 0) is 36.2 Å². The highest BCUT2D eigenvalue weighted by molar-refractivity contribution is 6.32. The van der Waals surface area contributed by atoms with Crippen LogP contribution in [0.1, 0.15) is 22.8 Å². The van der Waals surface area contributed by atoms with Gasteiger partial charge < -0.3 is 9.84 Å². The highest BCUT2D eigenvalue weighted by Crippen LogP contribution is 2.33. The Kier molecular flexibility index (Phi) is 4.35. The molecule has 0 fully saturated rings. The van der Waals surface area contributed by atoms with Gasteiger partial charge in [-0.1, -0.05) is 41.4 Å². The summed E-state index contributed by atoms with van der Waals surface area (Å²) in [6.07, 6.45) is -0.808. The van der Waals surface area contributed by atoms with Crippen molar-refractivity contribution in [1.82, 2.24) is 0 Å². The number of aliphatic hydroxyl groups is 1. The lowest BCUT2D eigenvalue weighted by Crippen LogP contribution is -2.03. The van der Waals surface area contributed by atoms with Gasteiger partial charge in [-0.2, -0.15) is 0 Å². The molecule has 0 bridgehead atoms. The summed E-state index contributed by atoms with van der Waals surface area (Å²) < 4.78 is 5.09. The highest BCUT2D eigenvalue weighted by atomic mass is 35.5. The van der Waals surface area contributed by atoms with E-state index in [1.807, 2.05) is 19.1 Å². The minimum atomic E-state index is -0.808. The van der Waals surface area contributed by atoms with Gasteiger partial charge in [-0.15, -0.1) is 0 Å². The van der Waals surface area contributed by atoms with E-state index in [4.69, 9.17) is 27.9 Å². The van der Waals surface area contributed by atoms with Crippen LogP contribution in [0.2, 0.25) is 10.0 Å². The van der Waals surface area contributed by atoms with Crippen LogP contribution in [0.4, 0.5) is 0 Å². The molecular formula is C15H14Cl2O2. The molecule has 0 spiro atoms. The zero-order valence-electron chi connectivity index (χ0n) is 10.7. The standard InChI is InChI=1S/C15H14Cl2O2/c1-9-11(4-3-5-13(9)16)15(18)12-7-6-10(19-2)8-14(12)17/h3-8,15,18H,1-2H3. The van der Waals surface area contributed by atoms with E-state index in [9.17, 15) is 5.11 Å². The number of hydrogen-bond donors (Lipinski definition) is 1. The second-order valence-corrected chi connectivity index (χ2v) is 5.06. The molecule has 0 amide bonds. The van der Waals surface area contributed by atoms with Crippen molar-refractivity contribution in [2.24, 2.45) is 0 Å². The van der Waals surface area contributed by atoms with Crippen LogP contribution in [-0.4, -0.2) is 12.2 Å². The Bertz CT molecular complexity index is 597. The SMILES string of the molecule is COc1ccc(C(O)c2cccc(Cl)c2C)c(Cl)c1. The lowest BCUT2D eigenvalue weighted by atomic mass is 9.97. The largest absolute Gasteiger partial charge is 0.497 e. The fourth-order valence-corrected chi connectivity index (χ4v) is 2.40. The minimum absolute atomic E-state index is 0.464. The molecule has 0 saturated heterocycles. The molecule has 1 N–H and O–H groups in total. The fourth-order valence-electron chi connectivity index (χ4n) is 1.94. The number of aliphatic hydroxyl groups excluding tert-OH is 1. The van der Waals surface area contributed by atoms with Gasteiger partial charge in [0.1, 0.15) is 11.9 Å². The van der Waals surface area contributed by atoms with Gasteiger partial charge in [-0.25, -0.2) is 0 Å². The van der Waals surface area contributed by atoms with E-state index in [-0.39, 0.29) is 0 Å². The molecule has 2 aromatic carbocycles. The van der Waals surface area contributed by atoms with Crippen molar-refractivity contribution in [3.8, 4) is 5.75 Å². The highest BCUT2D eigenvalue weighted by Gasteiger charge is 2.17. The van der Waals surface area contributed by atoms with E-state index >= 15 is 0 Å².